The van der Waals surface area contributed by atoms with E-state index in [1.165, 1.54) is 30.1 Å². The highest BCUT2D eigenvalue weighted by atomic mass is 19.1. The molecule has 1 N–H and O–H groups in total. The van der Waals surface area contributed by atoms with Crippen molar-refractivity contribution in [3.8, 4) is 5.75 Å². The van der Waals surface area contributed by atoms with Crippen molar-refractivity contribution in [1.82, 2.24) is 4.90 Å². The SMILES string of the molecule is CCc1ccccc1NC(=O)CN(C)C(=O)C(C)Oc1cccc(F)c1. The van der Waals surface area contributed by atoms with Crippen LogP contribution in [0.3, 0.4) is 0 Å². The lowest BCUT2D eigenvalue weighted by molar-refractivity contribution is -0.139. The van der Waals surface area contributed by atoms with E-state index in [2.05, 4.69) is 5.32 Å². The van der Waals surface area contributed by atoms with Crippen LogP contribution in [0.2, 0.25) is 0 Å². The average molecular weight is 358 g/mol. The predicted molar refractivity (Wildman–Crippen MR) is 98.6 cm³/mol. The lowest BCUT2D eigenvalue weighted by atomic mass is 10.1. The summed E-state index contributed by atoms with van der Waals surface area (Å²) in [5.74, 6) is -0.835. The molecule has 0 fully saturated rings. The number of rotatable bonds is 7. The first-order valence-electron chi connectivity index (χ1n) is 8.45. The number of halogens is 1. The van der Waals surface area contributed by atoms with Gasteiger partial charge in [0.05, 0.1) is 6.54 Å². The van der Waals surface area contributed by atoms with E-state index < -0.39 is 11.9 Å². The van der Waals surface area contributed by atoms with Crippen molar-refractivity contribution in [2.75, 3.05) is 18.9 Å². The van der Waals surface area contributed by atoms with Crippen molar-refractivity contribution in [2.45, 2.75) is 26.4 Å². The van der Waals surface area contributed by atoms with Crippen molar-refractivity contribution < 1.29 is 18.7 Å². The molecule has 2 aromatic carbocycles. The number of amides is 2. The van der Waals surface area contributed by atoms with Gasteiger partial charge >= 0.3 is 0 Å². The molecule has 1 unspecified atom stereocenters. The molecule has 5 nitrogen and oxygen atoms in total. The zero-order valence-electron chi connectivity index (χ0n) is 15.2. The van der Waals surface area contributed by atoms with Crippen molar-refractivity contribution in [1.29, 1.82) is 0 Å². The van der Waals surface area contributed by atoms with Gasteiger partial charge in [-0.1, -0.05) is 31.2 Å². The van der Waals surface area contributed by atoms with Gasteiger partial charge < -0.3 is 15.0 Å². The Morgan fingerprint density at radius 3 is 2.62 bits per heavy atom. The van der Waals surface area contributed by atoms with E-state index in [0.29, 0.717) is 0 Å². The number of ether oxygens (including phenoxy) is 1. The molecule has 0 aliphatic rings. The summed E-state index contributed by atoms with van der Waals surface area (Å²) in [6, 6.07) is 13.1. The second-order valence-electron chi connectivity index (χ2n) is 5.97. The van der Waals surface area contributed by atoms with Crippen LogP contribution in [0.1, 0.15) is 19.4 Å². The minimum atomic E-state index is -0.836. The third-order valence-corrected chi connectivity index (χ3v) is 3.89. The first-order valence-corrected chi connectivity index (χ1v) is 8.45. The molecule has 0 spiro atoms. The highest BCUT2D eigenvalue weighted by molar-refractivity contribution is 5.95. The number of carbonyl (C=O) groups excluding carboxylic acids is 2. The van der Waals surface area contributed by atoms with Gasteiger partial charge in [0.1, 0.15) is 11.6 Å². The number of benzene rings is 2. The van der Waals surface area contributed by atoms with Crippen LogP contribution in [0.5, 0.6) is 5.75 Å². The topological polar surface area (TPSA) is 58.6 Å². The van der Waals surface area contributed by atoms with E-state index >= 15 is 0 Å². The number of para-hydroxylation sites is 1. The Bertz CT molecular complexity index is 779. The molecule has 0 saturated heterocycles. The molecule has 2 aromatic rings. The fraction of sp³-hybridized carbons (Fsp3) is 0.300. The zero-order chi connectivity index (χ0) is 19.1. The number of likely N-dealkylation sites (N-methyl/N-ethyl adjacent to an activating group) is 1. The summed E-state index contributed by atoms with van der Waals surface area (Å²) in [4.78, 5) is 25.9. The Morgan fingerprint density at radius 2 is 1.92 bits per heavy atom. The highest BCUT2D eigenvalue weighted by Gasteiger charge is 2.21. The third kappa shape index (κ3) is 5.31. The van der Waals surface area contributed by atoms with Gasteiger partial charge in [-0.15, -0.1) is 0 Å². The smallest absolute Gasteiger partial charge is 0.263 e. The molecule has 1 atom stereocenters. The van der Waals surface area contributed by atoms with Crippen molar-refractivity contribution >= 4 is 17.5 Å². The minimum absolute atomic E-state index is 0.103. The molecule has 0 saturated carbocycles. The van der Waals surface area contributed by atoms with Crippen LogP contribution in [-0.4, -0.2) is 36.4 Å². The van der Waals surface area contributed by atoms with E-state index in [1.807, 2.05) is 31.2 Å². The molecule has 0 aliphatic heterocycles. The molecule has 0 heterocycles. The second kappa shape index (κ2) is 8.99. The lowest BCUT2D eigenvalue weighted by Gasteiger charge is -2.22. The van der Waals surface area contributed by atoms with E-state index in [4.69, 9.17) is 4.74 Å². The van der Waals surface area contributed by atoms with Crippen LogP contribution in [0, 0.1) is 5.82 Å². The van der Waals surface area contributed by atoms with Gasteiger partial charge in [-0.25, -0.2) is 4.39 Å². The molecule has 138 valence electrons. The molecule has 0 aromatic heterocycles. The first kappa shape index (κ1) is 19.4. The highest BCUT2D eigenvalue weighted by Crippen LogP contribution is 2.16. The number of anilines is 1. The fourth-order valence-corrected chi connectivity index (χ4v) is 2.54. The molecule has 0 aliphatic carbocycles. The van der Waals surface area contributed by atoms with Gasteiger partial charge in [-0.3, -0.25) is 9.59 Å². The Morgan fingerprint density at radius 1 is 1.19 bits per heavy atom. The summed E-state index contributed by atoms with van der Waals surface area (Å²) in [6.45, 7) is 3.47. The first-order chi connectivity index (χ1) is 12.4. The fourth-order valence-electron chi connectivity index (χ4n) is 2.54. The molecule has 2 amide bonds. The Hall–Kier alpha value is -2.89. The average Bonchev–Trinajstić information content (AvgIpc) is 2.61. The van der Waals surface area contributed by atoms with Gasteiger partial charge in [0.2, 0.25) is 5.91 Å². The normalized spacial score (nSPS) is 11.5. The summed E-state index contributed by atoms with van der Waals surface area (Å²) in [7, 11) is 1.53. The molecular formula is C20H23FN2O3. The summed E-state index contributed by atoms with van der Waals surface area (Å²) < 4.78 is 18.6. The van der Waals surface area contributed by atoms with Crippen LogP contribution in [-0.2, 0) is 16.0 Å². The summed E-state index contributed by atoms with van der Waals surface area (Å²) >= 11 is 0. The largest absolute Gasteiger partial charge is 0.481 e. The quantitative estimate of drug-likeness (QED) is 0.827. The zero-order valence-corrected chi connectivity index (χ0v) is 15.2. The van der Waals surface area contributed by atoms with Crippen LogP contribution in [0.15, 0.2) is 48.5 Å². The van der Waals surface area contributed by atoms with Gasteiger partial charge in [-0.2, -0.15) is 0 Å². The van der Waals surface area contributed by atoms with Crippen LogP contribution >= 0.6 is 0 Å². The molecule has 2 rings (SSSR count). The third-order valence-electron chi connectivity index (χ3n) is 3.89. The van der Waals surface area contributed by atoms with Gasteiger partial charge in [0.25, 0.3) is 5.91 Å². The maximum absolute atomic E-state index is 13.2. The van der Waals surface area contributed by atoms with Crippen LogP contribution in [0.4, 0.5) is 10.1 Å². The standard InChI is InChI=1S/C20H23FN2O3/c1-4-15-8-5-6-11-18(15)22-19(24)13-23(3)20(25)14(2)26-17-10-7-9-16(21)12-17/h5-12,14H,4,13H2,1-3H3,(H,22,24). The Labute approximate surface area is 152 Å². The molecular weight excluding hydrogens is 335 g/mol. The molecule has 0 bridgehead atoms. The van der Waals surface area contributed by atoms with E-state index in [1.54, 1.807) is 13.0 Å². The number of hydrogen-bond acceptors (Lipinski definition) is 3. The van der Waals surface area contributed by atoms with Crippen LogP contribution in [0.25, 0.3) is 0 Å². The Kier molecular flexibility index (Phi) is 6.72. The van der Waals surface area contributed by atoms with E-state index in [-0.39, 0.29) is 24.1 Å². The monoisotopic (exact) mass is 358 g/mol. The molecule has 6 heteroatoms. The van der Waals surface area contributed by atoms with Crippen LogP contribution < -0.4 is 10.1 Å². The number of nitrogens with zero attached hydrogens (tertiary/aromatic N) is 1. The molecule has 26 heavy (non-hydrogen) atoms. The number of hydrogen-bond donors (Lipinski definition) is 1. The second-order valence-corrected chi connectivity index (χ2v) is 5.97. The van der Waals surface area contributed by atoms with Gasteiger partial charge in [-0.05, 0) is 37.1 Å². The maximum Gasteiger partial charge on any atom is 0.263 e. The number of carbonyl (C=O) groups is 2. The van der Waals surface area contributed by atoms with Crippen molar-refractivity contribution in [2.24, 2.45) is 0 Å². The predicted octanol–water partition coefficient (Wildman–Crippen LogP) is 3.25. The number of nitrogens with one attached hydrogen (secondary N) is 1. The van der Waals surface area contributed by atoms with E-state index in [9.17, 15) is 14.0 Å². The van der Waals surface area contributed by atoms with E-state index in [0.717, 1.165) is 17.7 Å². The number of aryl methyl sites for hydroxylation is 1. The van der Waals surface area contributed by atoms with Gasteiger partial charge in [0, 0.05) is 18.8 Å². The summed E-state index contributed by atoms with van der Waals surface area (Å²) in [6.07, 6.45) is -0.0403. The summed E-state index contributed by atoms with van der Waals surface area (Å²) in [5.41, 5.74) is 1.77. The maximum atomic E-state index is 13.2. The summed E-state index contributed by atoms with van der Waals surface area (Å²) in [5, 5.41) is 2.82. The van der Waals surface area contributed by atoms with Crippen molar-refractivity contribution in [3.05, 3.63) is 59.9 Å². The van der Waals surface area contributed by atoms with Crippen molar-refractivity contribution in [3.63, 3.8) is 0 Å². The van der Waals surface area contributed by atoms with Gasteiger partial charge in [0.15, 0.2) is 6.10 Å². The minimum Gasteiger partial charge on any atom is -0.481 e. The molecule has 0 radical (unpaired) electrons. The lowest BCUT2D eigenvalue weighted by Crippen LogP contribution is -2.42. The Balaban J connectivity index is 1.92.